The molecule has 0 saturated heterocycles. The first-order valence-electron chi connectivity index (χ1n) is 6.53. The standard InChI is InChI=1S/C15H21NO4/c1-6-12(17)19-13-10(2)8-7-9-11(13)16-14(18)20-15(3,4)5/h7-9H,6H2,1-5H3,(H,16,18). The summed E-state index contributed by atoms with van der Waals surface area (Å²) in [5.41, 5.74) is 0.593. The minimum absolute atomic E-state index is 0.264. The highest BCUT2D eigenvalue weighted by Crippen LogP contribution is 2.29. The normalized spacial score (nSPS) is 10.8. The number of ether oxygens (including phenoxy) is 2. The van der Waals surface area contributed by atoms with E-state index in [1.54, 1.807) is 52.8 Å². The van der Waals surface area contributed by atoms with Crippen molar-refractivity contribution >= 4 is 17.7 Å². The van der Waals surface area contributed by atoms with Crippen LogP contribution in [0.2, 0.25) is 0 Å². The molecule has 0 fully saturated rings. The van der Waals surface area contributed by atoms with Crippen LogP contribution in [0.25, 0.3) is 0 Å². The van der Waals surface area contributed by atoms with Crippen LogP contribution in [0.4, 0.5) is 10.5 Å². The van der Waals surface area contributed by atoms with E-state index in [9.17, 15) is 9.59 Å². The number of rotatable bonds is 3. The number of para-hydroxylation sites is 1. The third kappa shape index (κ3) is 4.91. The number of esters is 1. The van der Waals surface area contributed by atoms with Crippen LogP contribution in [0.1, 0.15) is 39.7 Å². The molecular weight excluding hydrogens is 258 g/mol. The smallest absolute Gasteiger partial charge is 0.412 e. The third-order valence-electron chi connectivity index (χ3n) is 2.35. The van der Waals surface area contributed by atoms with Gasteiger partial charge >= 0.3 is 12.1 Å². The fraction of sp³-hybridized carbons (Fsp3) is 0.467. The van der Waals surface area contributed by atoms with Gasteiger partial charge in [-0.1, -0.05) is 19.1 Å². The predicted molar refractivity (Wildman–Crippen MR) is 77.0 cm³/mol. The molecule has 0 aliphatic rings. The lowest BCUT2D eigenvalue weighted by molar-refractivity contribution is -0.134. The number of carbonyl (C=O) groups is 2. The Bertz CT molecular complexity index is 503. The van der Waals surface area contributed by atoms with E-state index in [0.717, 1.165) is 5.56 Å². The van der Waals surface area contributed by atoms with Gasteiger partial charge in [-0.2, -0.15) is 0 Å². The van der Waals surface area contributed by atoms with E-state index in [1.165, 1.54) is 0 Å². The largest absolute Gasteiger partial charge is 0.444 e. The lowest BCUT2D eigenvalue weighted by atomic mass is 10.2. The van der Waals surface area contributed by atoms with E-state index in [1.807, 2.05) is 0 Å². The van der Waals surface area contributed by atoms with E-state index in [0.29, 0.717) is 11.4 Å². The molecular formula is C15H21NO4. The topological polar surface area (TPSA) is 64.6 Å². The molecule has 1 aromatic rings. The zero-order chi connectivity index (χ0) is 15.3. The number of nitrogens with one attached hydrogen (secondary N) is 1. The Balaban J connectivity index is 2.92. The first-order valence-corrected chi connectivity index (χ1v) is 6.53. The highest BCUT2D eigenvalue weighted by molar-refractivity contribution is 5.88. The first kappa shape index (κ1) is 16.0. The SMILES string of the molecule is CCC(=O)Oc1c(C)cccc1NC(=O)OC(C)(C)C. The minimum atomic E-state index is -0.589. The maximum absolute atomic E-state index is 11.8. The molecule has 1 aromatic carbocycles. The molecule has 1 amide bonds. The van der Waals surface area contributed by atoms with Crippen LogP contribution in [0.15, 0.2) is 18.2 Å². The number of amides is 1. The van der Waals surface area contributed by atoms with Gasteiger partial charge in [0.15, 0.2) is 5.75 Å². The molecule has 0 saturated carbocycles. The van der Waals surface area contributed by atoms with Crippen LogP contribution < -0.4 is 10.1 Å². The highest BCUT2D eigenvalue weighted by Gasteiger charge is 2.18. The lowest BCUT2D eigenvalue weighted by Gasteiger charge is -2.20. The zero-order valence-electron chi connectivity index (χ0n) is 12.6. The zero-order valence-corrected chi connectivity index (χ0v) is 12.6. The van der Waals surface area contributed by atoms with Crippen LogP contribution in [-0.2, 0) is 9.53 Å². The molecule has 0 spiro atoms. The van der Waals surface area contributed by atoms with Crippen molar-refractivity contribution in [2.45, 2.75) is 46.6 Å². The second-order valence-electron chi connectivity index (χ2n) is 5.41. The van der Waals surface area contributed by atoms with Crippen LogP contribution in [0, 0.1) is 6.92 Å². The van der Waals surface area contributed by atoms with Gasteiger partial charge in [-0.05, 0) is 39.3 Å². The molecule has 110 valence electrons. The summed E-state index contributed by atoms with van der Waals surface area (Å²) >= 11 is 0. The summed E-state index contributed by atoms with van der Waals surface area (Å²) in [7, 11) is 0. The van der Waals surface area contributed by atoms with Crippen molar-refractivity contribution in [1.82, 2.24) is 0 Å². The van der Waals surface area contributed by atoms with E-state index >= 15 is 0 Å². The molecule has 0 heterocycles. The Hall–Kier alpha value is -2.04. The molecule has 0 aromatic heterocycles. The Kier molecular flexibility index (Phi) is 5.13. The third-order valence-corrected chi connectivity index (χ3v) is 2.35. The maximum atomic E-state index is 11.8. The number of benzene rings is 1. The van der Waals surface area contributed by atoms with Gasteiger partial charge in [0, 0.05) is 6.42 Å². The Labute approximate surface area is 119 Å². The fourth-order valence-corrected chi connectivity index (χ4v) is 1.49. The quantitative estimate of drug-likeness (QED) is 0.677. The first-order chi connectivity index (χ1) is 9.23. The van der Waals surface area contributed by atoms with Crippen molar-refractivity contribution in [2.24, 2.45) is 0 Å². The lowest BCUT2D eigenvalue weighted by Crippen LogP contribution is -2.27. The average molecular weight is 279 g/mol. The van der Waals surface area contributed by atoms with E-state index in [2.05, 4.69) is 5.32 Å². The van der Waals surface area contributed by atoms with Gasteiger partial charge < -0.3 is 9.47 Å². The van der Waals surface area contributed by atoms with Crippen molar-refractivity contribution in [3.63, 3.8) is 0 Å². The number of aryl methyl sites for hydroxylation is 1. The fourth-order valence-electron chi connectivity index (χ4n) is 1.49. The molecule has 0 radical (unpaired) electrons. The van der Waals surface area contributed by atoms with E-state index < -0.39 is 11.7 Å². The van der Waals surface area contributed by atoms with Gasteiger partial charge in [-0.3, -0.25) is 10.1 Å². The number of carbonyl (C=O) groups excluding carboxylic acids is 2. The van der Waals surface area contributed by atoms with Crippen molar-refractivity contribution in [3.8, 4) is 5.75 Å². The highest BCUT2D eigenvalue weighted by atomic mass is 16.6. The number of hydrogen-bond donors (Lipinski definition) is 1. The van der Waals surface area contributed by atoms with E-state index in [4.69, 9.17) is 9.47 Å². The van der Waals surface area contributed by atoms with Crippen molar-refractivity contribution in [3.05, 3.63) is 23.8 Å². The van der Waals surface area contributed by atoms with Gasteiger partial charge in [0.2, 0.25) is 0 Å². The molecule has 1 rings (SSSR count). The Morgan fingerprint density at radius 2 is 1.90 bits per heavy atom. The summed E-state index contributed by atoms with van der Waals surface area (Å²) < 4.78 is 10.4. The Morgan fingerprint density at radius 1 is 1.25 bits per heavy atom. The van der Waals surface area contributed by atoms with Gasteiger partial charge in [0.25, 0.3) is 0 Å². The van der Waals surface area contributed by atoms with E-state index in [-0.39, 0.29) is 12.4 Å². The second-order valence-corrected chi connectivity index (χ2v) is 5.41. The summed E-state index contributed by atoms with van der Waals surface area (Å²) in [6, 6.07) is 5.24. The summed E-state index contributed by atoms with van der Waals surface area (Å²) in [4.78, 5) is 23.2. The average Bonchev–Trinajstić information content (AvgIpc) is 2.30. The summed E-state index contributed by atoms with van der Waals surface area (Å²) in [5, 5.41) is 2.60. The Morgan fingerprint density at radius 3 is 2.45 bits per heavy atom. The van der Waals surface area contributed by atoms with Gasteiger partial charge in [0.1, 0.15) is 5.60 Å². The molecule has 0 atom stereocenters. The molecule has 5 nitrogen and oxygen atoms in total. The molecule has 0 aliphatic heterocycles. The summed E-state index contributed by atoms with van der Waals surface area (Å²) in [6.07, 6.45) is -0.322. The van der Waals surface area contributed by atoms with Gasteiger partial charge in [-0.25, -0.2) is 4.79 Å². The van der Waals surface area contributed by atoms with Crippen LogP contribution in [-0.4, -0.2) is 17.7 Å². The minimum Gasteiger partial charge on any atom is -0.444 e. The maximum Gasteiger partial charge on any atom is 0.412 e. The molecule has 0 unspecified atom stereocenters. The molecule has 0 aliphatic carbocycles. The monoisotopic (exact) mass is 279 g/mol. The van der Waals surface area contributed by atoms with Crippen LogP contribution >= 0.6 is 0 Å². The molecule has 20 heavy (non-hydrogen) atoms. The van der Waals surface area contributed by atoms with Crippen LogP contribution in [0.5, 0.6) is 5.75 Å². The number of anilines is 1. The number of hydrogen-bond acceptors (Lipinski definition) is 4. The van der Waals surface area contributed by atoms with Crippen LogP contribution in [0.3, 0.4) is 0 Å². The second kappa shape index (κ2) is 6.41. The molecule has 0 bridgehead atoms. The predicted octanol–water partition coefficient (Wildman–Crippen LogP) is 3.66. The summed E-state index contributed by atoms with van der Waals surface area (Å²) in [5.74, 6) is -0.00301. The van der Waals surface area contributed by atoms with Crippen molar-refractivity contribution < 1.29 is 19.1 Å². The van der Waals surface area contributed by atoms with Gasteiger partial charge in [0.05, 0.1) is 5.69 Å². The van der Waals surface area contributed by atoms with Crippen molar-refractivity contribution in [1.29, 1.82) is 0 Å². The molecule has 5 heteroatoms. The summed E-state index contributed by atoms with van der Waals surface area (Å²) in [6.45, 7) is 8.85. The van der Waals surface area contributed by atoms with Crippen molar-refractivity contribution in [2.75, 3.05) is 5.32 Å². The van der Waals surface area contributed by atoms with Gasteiger partial charge in [-0.15, -0.1) is 0 Å². The molecule has 1 N–H and O–H groups in total.